The normalized spacial score (nSPS) is 11.5. The van der Waals surface area contributed by atoms with Gasteiger partial charge in [-0.15, -0.1) is 0 Å². The lowest BCUT2D eigenvalue weighted by molar-refractivity contribution is 0.00751. The highest BCUT2D eigenvalue weighted by Gasteiger charge is 2.41. The van der Waals surface area contributed by atoms with Crippen molar-refractivity contribution in [3.63, 3.8) is 0 Å². The number of halogens is 2. The molecule has 0 atom stereocenters. The first-order valence-corrected chi connectivity index (χ1v) is 6.42. The van der Waals surface area contributed by atoms with E-state index in [4.69, 9.17) is 0 Å². The van der Waals surface area contributed by atoms with Crippen molar-refractivity contribution in [2.45, 2.75) is 5.92 Å². The van der Waals surface area contributed by atoms with Crippen LogP contribution < -0.4 is 0 Å². The summed E-state index contributed by atoms with van der Waals surface area (Å²) >= 11 is 0. The summed E-state index contributed by atoms with van der Waals surface area (Å²) in [5.41, 5.74) is 0.287. The van der Waals surface area contributed by atoms with Gasteiger partial charge < -0.3 is 0 Å². The second-order valence-electron chi connectivity index (χ2n) is 4.68. The van der Waals surface area contributed by atoms with Crippen LogP contribution in [0.5, 0.6) is 0 Å². The maximum Gasteiger partial charge on any atom is 0.334 e. The standard InChI is InChI=1S/C17H11F2NO/c18-17(19,16(21)12-5-2-1-3-6-12)14-8-9-15-13(11-14)7-4-10-20-15/h1-11H. The van der Waals surface area contributed by atoms with Crippen LogP contribution in [0, 0.1) is 0 Å². The largest absolute Gasteiger partial charge is 0.334 e. The molecule has 0 N–H and O–H groups in total. The molecule has 0 spiro atoms. The highest BCUT2D eigenvalue weighted by atomic mass is 19.3. The van der Waals surface area contributed by atoms with Crippen molar-refractivity contribution in [3.05, 3.63) is 78.0 Å². The van der Waals surface area contributed by atoms with Crippen LogP contribution >= 0.6 is 0 Å². The van der Waals surface area contributed by atoms with E-state index < -0.39 is 11.7 Å². The van der Waals surface area contributed by atoms with Crippen LogP contribution in [0.15, 0.2) is 66.9 Å². The Kier molecular flexibility index (Phi) is 3.22. The van der Waals surface area contributed by atoms with Gasteiger partial charge in [-0.3, -0.25) is 9.78 Å². The Bertz CT molecular complexity index is 800. The van der Waals surface area contributed by atoms with Crippen molar-refractivity contribution in [1.29, 1.82) is 0 Å². The minimum atomic E-state index is -3.56. The molecule has 0 radical (unpaired) electrons. The zero-order valence-corrected chi connectivity index (χ0v) is 11.0. The molecule has 1 aromatic heterocycles. The van der Waals surface area contributed by atoms with E-state index in [1.165, 1.54) is 30.3 Å². The van der Waals surface area contributed by atoms with E-state index in [2.05, 4.69) is 4.98 Å². The van der Waals surface area contributed by atoms with Crippen molar-refractivity contribution in [2.24, 2.45) is 0 Å². The predicted octanol–water partition coefficient (Wildman–Crippen LogP) is 4.21. The molecule has 2 nitrogen and oxygen atoms in total. The number of hydrogen-bond donors (Lipinski definition) is 0. The quantitative estimate of drug-likeness (QED) is 0.674. The molecule has 0 saturated heterocycles. The summed E-state index contributed by atoms with van der Waals surface area (Å²) in [4.78, 5) is 16.1. The smallest absolute Gasteiger partial charge is 0.287 e. The topological polar surface area (TPSA) is 30.0 Å². The Balaban J connectivity index is 2.05. The molecule has 0 aliphatic rings. The molecule has 0 aliphatic carbocycles. The number of aromatic nitrogens is 1. The first-order valence-electron chi connectivity index (χ1n) is 6.42. The molecule has 0 saturated carbocycles. The van der Waals surface area contributed by atoms with Gasteiger partial charge >= 0.3 is 5.92 Å². The third kappa shape index (κ3) is 2.40. The van der Waals surface area contributed by atoms with Gasteiger partial charge in [-0.25, -0.2) is 0 Å². The Morgan fingerprint density at radius 1 is 0.952 bits per heavy atom. The zero-order valence-electron chi connectivity index (χ0n) is 11.0. The van der Waals surface area contributed by atoms with E-state index >= 15 is 0 Å². The number of fused-ring (bicyclic) bond motifs is 1. The number of Topliss-reactive ketones (excluding diaryl/α,β-unsaturated/α-hetero) is 1. The Morgan fingerprint density at radius 2 is 1.71 bits per heavy atom. The molecular weight excluding hydrogens is 272 g/mol. The average molecular weight is 283 g/mol. The van der Waals surface area contributed by atoms with Gasteiger partial charge in [0.15, 0.2) is 0 Å². The molecule has 1 heterocycles. The molecule has 0 unspecified atom stereocenters. The van der Waals surface area contributed by atoms with Crippen molar-refractivity contribution >= 4 is 16.7 Å². The second kappa shape index (κ2) is 5.05. The Hall–Kier alpha value is -2.62. The lowest BCUT2D eigenvalue weighted by Crippen LogP contribution is -2.26. The zero-order chi connectivity index (χ0) is 14.9. The number of hydrogen-bond acceptors (Lipinski definition) is 2. The van der Waals surface area contributed by atoms with E-state index in [1.807, 2.05) is 0 Å². The number of carbonyl (C=O) groups is 1. The van der Waals surface area contributed by atoms with Crippen LogP contribution in [-0.2, 0) is 5.92 Å². The number of ketones is 1. The molecule has 0 aliphatic heterocycles. The highest BCUT2D eigenvalue weighted by molar-refractivity contribution is 6.02. The molecule has 0 fully saturated rings. The van der Waals surface area contributed by atoms with Gasteiger partial charge in [0.05, 0.1) is 5.52 Å². The van der Waals surface area contributed by atoms with Crippen LogP contribution in [0.4, 0.5) is 8.78 Å². The number of pyridine rings is 1. The van der Waals surface area contributed by atoms with Crippen molar-refractivity contribution in [1.82, 2.24) is 4.98 Å². The van der Waals surface area contributed by atoms with Crippen LogP contribution in [0.2, 0.25) is 0 Å². The van der Waals surface area contributed by atoms with E-state index in [0.29, 0.717) is 10.9 Å². The van der Waals surface area contributed by atoms with E-state index in [1.54, 1.807) is 36.5 Å². The number of benzene rings is 2. The summed E-state index contributed by atoms with van der Waals surface area (Å²) in [5, 5.41) is 0.579. The fraction of sp³-hybridized carbons (Fsp3) is 0.0588. The average Bonchev–Trinajstić information content (AvgIpc) is 2.54. The first kappa shape index (κ1) is 13.4. The van der Waals surface area contributed by atoms with Crippen molar-refractivity contribution < 1.29 is 13.6 Å². The summed E-state index contributed by atoms with van der Waals surface area (Å²) in [7, 11) is 0. The van der Waals surface area contributed by atoms with Gasteiger partial charge in [0.25, 0.3) is 0 Å². The van der Waals surface area contributed by atoms with Gasteiger partial charge in [0, 0.05) is 22.7 Å². The van der Waals surface area contributed by atoms with E-state index in [0.717, 1.165) is 0 Å². The lowest BCUT2D eigenvalue weighted by atomic mass is 9.97. The number of nitrogens with zero attached hydrogens (tertiary/aromatic N) is 1. The molecule has 104 valence electrons. The number of rotatable bonds is 3. The summed E-state index contributed by atoms with van der Waals surface area (Å²) in [6.07, 6.45) is 1.59. The van der Waals surface area contributed by atoms with Gasteiger partial charge in [-0.1, -0.05) is 42.5 Å². The first-order chi connectivity index (χ1) is 10.1. The lowest BCUT2D eigenvalue weighted by Gasteiger charge is -2.16. The van der Waals surface area contributed by atoms with E-state index in [9.17, 15) is 13.6 Å². The third-order valence-electron chi connectivity index (χ3n) is 3.29. The van der Waals surface area contributed by atoms with Gasteiger partial charge in [-0.05, 0) is 18.2 Å². The molecular formula is C17H11F2NO. The maximum atomic E-state index is 14.4. The van der Waals surface area contributed by atoms with Gasteiger partial charge in [-0.2, -0.15) is 8.78 Å². The van der Waals surface area contributed by atoms with Crippen molar-refractivity contribution in [3.8, 4) is 0 Å². The van der Waals surface area contributed by atoms with Gasteiger partial charge in [0.2, 0.25) is 5.78 Å². The van der Waals surface area contributed by atoms with Gasteiger partial charge in [0.1, 0.15) is 0 Å². The fourth-order valence-electron chi connectivity index (χ4n) is 2.17. The molecule has 4 heteroatoms. The monoisotopic (exact) mass is 283 g/mol. The predicted molar refractivity (Wildman–Crippen MR) is 76.4 cm³/mol. The maximum absolute atomic E-state index is 14.4. The minimum absolute atomic E-state index is 0.00576. The van der Waals surface area contributed by atoms with E-state index in [-0.39, 0.29) is 11.1 Å². The fourth-order valence-corrected chi connectivity index (χ4v) is 2.17. The molecule has 0 amide bonds. The van der Waals surface area contributed by atoms with Crippen LogP contribution in [0.3, 0.4) is 0 Å². The summed E-state index contributed by atoms with van der Waals surface area (Å²) in [5.74, 6) is -4.77. The molecule has 2 aromatic carbocycles. The summed E-state index contributed by atoms with van der Waals surface area (Å²) < 4.78 is 28.8. The third-order valence-corrected chi connectivity index (χ3v) is 3.29. The van der Waals surface area contributed by atoms with Crippen LogP contribution in [-0.4, -0.2) is 10.8 Å². The molecule has 21 heavy (non-hydrogen) atoms. The summed E-state index contributed by atoms with van der Waals surface area (Å²) in [6.45, 7) is 0. The minimum Gasteiger partial charge on any atom is -0.287 e. The molecule has 3 aromatic rings. The number of alkyl halides is 2. The van der Waals surface area contributed by atoms with Crippen LogP contribution in [0.1, 0.15) is 15.9 Å². The Labute approximate surface area is 120 Å². The SMILES string of the molecule is O=C(c1ccccc1)C(F)(F)c1ccc2ncccc2c1. The Morgan fingerprint density at radius 3 is 2.48 bits per heavy atom. The van der Waals surface area contributed by atoms with Crippen molar-refractivity contribution in [2.75, 3.05) is 0 Å². The highest BCUT2D eigenvalue weighted by Crippen LogP contribution is 2.33. The molecule has 0 bridgehead atoms. The molecule has 3 rings (SSSR count). The number of carbonyl (C=O) groups excluding carboxylic acids is 1. The van der Waals surface area contributed by atoms with Crippen LogP contribution in [0.25, 0.3) is 10.9 Å². The summed E-state index contributed by atoms with van der Waals surface area (Å²) in [6, 6.07) is 15.0. The second-order valence-corrected chi connectivity index (χ2v) is 4.68.